The van der Waals surface area contributed by atoms with Crippen molar-refractivity contribution in [2.24, 2.45) is 5.92 Å². The summed E-state index contributed by atoms with van der Waals surface area (Å²) in [5, 5.41) is 9.95. The van der Waals surface area contributed by atoms with Crippen LogP contribution >= 0.6 is 0 Å². The number of methoxy groups -OCH3 is 1. The highest BCUT2D eigenvalue weighted by molar-refractivity contribution is 5.71. The summed E-state index contributed by atoms with van der Waals surface area (Å²) in [6.45, 7) is 6.34. The summed E-state index contributed by atoms with van der Waals surface area (Å²) in [4.78, 5) is 12.7. The van der Waals surface area contributed by atoms with Crippen molar-refractivity contribution in [1.29, 1.82) is 0 Å². The first kappa shape index (κ1) is 13.4. The molecule has 0 aliphatic rings. The van der Waals surface area contributed by atoms with Gasteiger partial charge >= 0.3 is 5.97 Å². The fourth-order valence-corrected chi connectivity index (χ4v) is 1.07. The zero-order chi connectivity index (χ0) is 11.4. The molecule has 0 fully saturated rings. The van der Waals surface area contributed by atoms with Crippen molar-refractivity contribution in [3.63, 3.8) is 0 Å². The Kier molecular flexibility index (Phi) is 5.08. The summed E-state index contributed by atoms with van der Waals surface area (Å²) in [5.41, 5.74) is -0.775. The van der Waals surface area contributed by atoms with E-state index in [2.05, 4.69) is 4.74 Å². The van der Waals surface area contributed by atoms with Gasteiger partial charge in [-0.2, -0.15) is 0 Å². The summed E-state index contributed by atoms with van der Waals surface area (Å²) < 4.78 is 4.53. The van der Waals surface area contributed by atoms with E-state index in [-0.39, 0.29) is 18.4 Å². The summed E-state index contributed by atoms with van der Waals surface area (Å²) in [5.74, 6) is -0.130. The molecule has 0 heterocycles. The second-order valence-electron chi connectivity index (χ2n) is 4.26. The van der Waals surface area contributed by atoms with Gasteiger partial charge in [0.2, 0.25) is 0 Å². The van der Waals surface area contributed by atoms with Crippen LogP contribution in [0.4, 0.5) is 0 Å². The molecule has 0 saturated carbocycles. The van der Waals surface area contributed by atoms with Crippen molar-refractivity contribution in [2.75, 3.05) is 27.2 Å². The SMILES string of the molecule is COC(=O)CN(C)CC(C)(O)C(C)C. The maximum atomic E-state index is 10.9. The molecule has 0 bridgehead atoms. The number of aliphatic hydroxyl groups is 1. The Morgan fingerprint density at radius 3 is 2.43 bits per heavy atom. The molecular weight excluding hydrogens is 182 g/mol. The van der Waals surface area contributed by atoms with E-state index in [9.17, 15) is 9.90 Å². The number of hydrogen-bond acceptors (Lipinski definition) is 4. The summed E-state index contributed by atoms with van der Waals surface area (Å²) in [7, 11) is 3.14. The predicted molar refractivity (Wildman–Crippen MR) is 55.0 cm³/mol. The normalized spacial score (nSPS) is 15.7. The van der Waals surface area contributed by atoms with Crippen molar-refractivity contribution >= 4 is 5.97 Å². The van der Waals surface area contributed by atoms with Crippen LogP contribution in [-0.4, -0.2) is 48.8 Å². The molecule has 0 saturated heterocycles. The Balaban J connectivity index is 4.05. The average molecular weight is 203 g/mol. The molecule has 0 aliphatic heterocycles. The Labute approximate surface area is 85.9 Å². The first-order chi connectivity index (χ1) is 6.29. The predicted octanol–water partition coefficient (Wildman–Crippen LogP) is 0.498. The standard InChI is InChI=1S/C10H21NO3/c1-8(2)10(3,13)7-11(4)6-9(12)14-5/h8,13H,6-7H2,1-5H3. The molecule has 4 nitrogen and oxygen atoms in total. The lowest BCUT2D eigenvalue weighted by Gasteiger charge is -2.31. The third kappa shape index (κ3) is 4.58. The molecule has 1 N–H and O–H groups in total. The number of hydrogen-bond donors (Lipinski definition) is 1. The minimum atomic E-state index is -0.775. The van der Waals surface area contributed by atoms with Crippen LogP contribution in [0.2, 0.25) is 0 Å². The summed E-state index contributed by atoms with van der Waals surface area (Å²) in [6.07, 6.45) is 0. The van der Waals surface area contributed by atoms with Gasteiger partial charge in [-0.05, 0) is 19.9 Å². The second kappa shape index (κ2) is 5.32. The number of carbonyl (C=O) groups is 1. The molecule has 0 aromatic rings. The van der Waals surface area contributed by atoms with Crippen LogP contribution in [0.3, 0.4) is 0 Å². The van der Waals surface area contributed by atoms with E-state index < -0.39 is 5.60 Å². The van der Waals surface area contributed by atoms with Crippen molar-refractivity contribution < 1.29 is 14.6 Å². The monoisotopic (exact) mass is 203 g/mol. The minimum absolute atomic E-state index is 0.155. The van der Waals surface area contributed by atoms with E-state index in [1.165, 1.54) is 7.11 Å². The van der Waals surface area contributed by atoms with Gasteiger partial charge < -0.3 is 9.84 Å². The highest BCUT2D eigenvalue weighted by Crippen LogP contribution is 2.16. The van der Waals surface area contributed by atoms with Crippen molar-refractivity contribution in [2.45, 2.75) is 26.4 Å². The molecule has 0 radical (unpaired) electrons. The van der Waals surface area contributed by atoms with Crippen LogP contribution in [0.15, 0.2) is 0 Å². The Bertz CT molecular complexity index is 190. The third-order valence-corrected chi connectivity index (χ3v) is 2.46. The lowest BCUT2D eigenvalue weighted by atomic mass is 9.92. The zero-order valence-electron chi connectivity index (χ0n) is 9.70. The maximum absolute atomic E-state index is 10.9. The molecule has 14 heavy (non-hydrogen) atoms. The van der Waals surface area contributed by atoms with Gasteiger partial charge in [0.05, 0.1) is 19.3 Å². The van der Waals surface area contributed by atoms with Crippen LogP contribution in [0.1, 0.15) is 20.8 Å². The Morgan fingerprint density at radius 2 is 2.07 bits per heavy atom. The van der Waals surface area contributed by atoms with Crippen LogP contribution < -0.4 is 0 Å². The smallest absolute Gasteiger partial charge is 0.319 e. The number of likely N-dealkylation sites (N-methyl/N-ethyl adjacent to an activating group) is 1. The highest BCUT2D eigenvalue weighted by atomic mass is 16.5. The quantitative estimate of drug-likeness (QED) is 0.661. The molecule has 0 aromatic carbocycles. The van der Waals surface area contributed by atoms with Gasteiger partial charge in [0.1, 0.15) is 0 Å². The topological polar surface area (TPSA) is 49.8 Å². The van der Waals surface area contributed by atoms with Gasteiger partial charge in [0, 0.05) is 6.54 Å². The van der Waals surface area contributed by atoms with Gasteiger partial charge in [-0.25, -0.2) is 0 Å². The van der Waals surface area contributed by atoms with Crippen LogP contribution in [0.25, 0.3) is 0 Å². The number of carbonyl (C=O) groups excluding carboxylic acids is 1. The summed E-state index contributed by atoms with van der Waals surface area (Å²) in [6, 6.07) is 0. The van der Waals surface area contributed by atoms with E-state index in [4.69, 9.17) is 0 Å². The van der Waals surface area contributed by atoms with E-state index >= 15 is 0 Å². The van der Waals surface area contributed by atoms with Crippen LogP contribution in [0, 0.1) is 5.92 Å². The molecule has 1 atom stereocenters. The lowest BCUT2D eigenvalue weighted by molar-refractivity contribution is -0.142. The fraction of sp³-hybridized carbons (Fsp3) is 0.900. The molecule has 1 unspecified atom stereocenters. The Morgan fingerprint density at radius 1 is 1.57 bits per heavy atom. The first-order valence-corrected chi connectivity index (χ1v) is 4.77. The van der Waals surface area contributed by atoms with Crippen molar-refractivity contribution in [1.82, 2.24) is 4.90 Å². The maximum Gasteiger partial charge on any atom is 0.319 e. The number of ether oxygens (including phenoxy) is 1. The van der Waals surface area contributed by atoms with E-state index in [1.54, 1.807) is 18.9 Å². The molecule has 0 aromatic heterocycles. The minimum Gasteiger partial charge on any atom is -0.468 e. The molecule has 4 heteroatoms. The highest BCUT2D eigenvalue weighted by Gasteiger charge is 2.27. The van der Waals surface area contributed by atoms with Gasteiger partial charge in [-0.1, -0.05) is 13.8 Å². The van der Waals surface area contributed by atoms with Gasteiger partial charge in [-0.15, -0.1) is 0 Å². The molecular formula is C10H21NO3. The lowest BCUT2D eigenvalue weighted by Crippen LogP contribution is -2.44. The van der Waals surface area contributed by atoms with Crippen molar-refractivity contribution in [3.05, 3.63) is 0 Å². The molecule has 84 valence electrons. The first-order valence-electron chi connectivity index (χ1n) is 4.77. The number of esters is 1. The van der Waals surface area contributed by atoms with Gasteiger partial charge in [-0.3, -0.25) is 9.69 Å². The molecule has 0 rings (SSSR count). The third-order valence-electron chi connectivity index (χ3n) is 2.46. The Hall–Kier alpha value is -0.610. The van der Waals surface area contributed by atoms with E-state index in [0.29, 0.717) is 6.54 Å². The number of nitrogens with zero attached hydrogens (tertiary/aromatic N) is 1. The number of rotatable bonds is 5. The van der Waals surface area contributed by atoms with Crippen LogP contribution in [0.5, 0.6) is 0 Å². The van der Waals surface area contributed by atoms with Gasteiger partial charge in [0.25, 0.3) is 0 Å². The van der Waals surface area contributed by atoms with Gasteiger partial charge in [0.15, 0.2) is 0 Å². The van der Waals surface area contributed by atoms with Crippen molar-refractivity contribution in [3.8, 4) is 0 Å². The summed E-state index contributed by atoms with van der Waals surface area (Å²) >= 11 is 0. The second-order valence-corrected chi connectivity index (χ2v) is 4.26. The van der Waals surface area contributed by atoms with E-state index in [0.717, 1.165) is 0 Å². The van der Waals surface area contributed by atoms with E-state index in [1.807, 2.05) is 13.8 Å². The van der Waals surface area contributed by atoms with Crippen LogP contribution in [-0.2, 0) is 9.53 Å². The fourth-order valence-electron chi connectivity index (χ4n) is 1.07. The molecule has 0 amide bonds. The largest absolute Gasteiger partial charge is 0.468 e. The average Bonchev–Trinajstić information content (AvgIpc) is 2.02. The molecule has 0 spiro atoms. The zero-order valence-corrected chi connectivity index (χ0v) is 9.70. The molecule has 0 aliphatic carbocycles.